The Morgan fingerprint density at radius 3 is 2.25 bits per heavy atom. The van der Waals surface area contributed by atoms with Gasteiger partial charge in [-0.1, -0.05) is 23.9 Å². The average molecular weight is 505 g/mol. The third-order valence-corrected chi connectivity index (χ3v) is 7.90. The molecular formula is C29H32N2O4S. The van der Waals surface area contributed by atoms with Gasteiger partial charge in [-0.3, -0.25) is 0 Å². The van der Waals surface area contributed by atoms with Gasteiger partial charge in [0.15, 0.2) is 28.2 Å². The summed E-state index contributed by atoms with van der Waals surface area (Å²) in [5.74, 6) is 2.93. The molecule has 2 aromatic carbocycles. The van der Waals surface area contributed by atoms with Crippen molar-refractivity contribution in [3.63, 3.8) is 0 Å². The summed E-state index contributed by atoms with van der Waals surface area (Å²) in [6.45, 7) is 2.16. The van der Waals surface area contributed by atoms with Crippen molar-refractivity contribution in [3.8, 4) is 23.0 Å². The topological polar surface area (TPSA) is 52.5 Å². The first-order chi connectivity index (χ1) is 17.6. The second kappa shape index (κ2) is 10.3. The first-order valence-corrected chi connectivity index (χ1v) is 13.0. The molecule has 6 nitrogen and oxygen atoms in total. The fourth-order valence-corrected chi connectivity index (χ4v) is 6.09. The molecule has 0 amide bonds. The van der Waals surface area contributed by atoms with Crippen LogP contribution >= 0.6 is 11.8 Å². The van der Waals surface area contributed by atoms with Crippen molar-refractivity contribution in [1.29, 1.82) is 0 Å². The van der Waals surface area contributed by atoms with Gasteiger partial charge in [0.2, 0.25) is 0 Å². The van der Waals surface area contributed by atoms with Crippen LogP contribution in [0.1, 0.15) is 49.8 Å². The smallest absolute Gasteiger partial charge is 0.173 e. The molecule has 5 rings (SSSR count). The molecule has 0 aromatic heterocycles. The van der Waals surface area contributed by atoms with E-state index < -0.39 is 0 Å². The minimum absolute atomic E-state index is 0.0606. The van der Waals surface area contributed by atoms with Gasteiger partial charge in [-0.2, -0.15) is 0 Å². The van der Waals surface area contributed by atoms with Gasteiger partial charge in [-0.15, -0.1) is 0 Å². The van der Waals surface area contributed by atoms with Gasteiger partial charge < -0.3 is 23.8 Å². The van der Waals surface area contributed by atoms with E-state index >= 15 is 0 Å². The summed E-state index contributed by atoms with van der Waals surface area (Å²) < 4.78 is 22.2. The van der Waals surface area contributed by atoms with Crippen LogP contribution in [0.15, 0.2) is 69.3 Å². The molecule has 0 radical (unpaired) electrons. The van der Waals surface area contributed by atoms with Gasteiger partial charge >= 0.3 is 0 Å². The molecule has 0 fully saturated rings. The van der Waals surface area contributed by atoms with Crippen LogP contribution in [0.3, 0.4) is 0 Å². The molecule has 7 heteroatoms. The van der Waals surface area contributed by atoms with E-state index in [4.69, 9.17) is 23.9 Å². The van der Waals surface area contributed by atoms with E-state index in [0.717, 1.165) is 65.1 Å². The minimum atomic E-state index is 0.0606. The van der Waals surface area contributed by atoms with E-state index in [1.54, 1.807) is 40.2 Å². The second-order valence-corrected chi connectivity index (χ2v) is 9.86. The first kappa shape index (κ1) is 24.4. The van der Waals surface area contributed by atoms with Gasteiger partial charge in [0, 0.05) is 5.70 Å². The molecule has 0 saturated heterocycles. The molecule has 1 atom stereocenters. The van der Waals surface area contributed by atoms with Crippen LogP contribution in [0.2, 0.25) is 0 Å². The molecule has 0 spiro atoms. The molecule has 36 heavy (non-hydrogen) atoms. The molecule has 1 aliphatic carbocycles. The Hall–Kier alpha value is -3.32. The number of methoxy groups -OCH3 is 4. The van der Waals surface area contributed by atoms with E-state index in [1.807, 2.05) is 18.2 Å². The van der Waals surface area contributed by atoms with Crippen LogP contribution in [0.25, 0.3) is 6.08 Å². The lowest BCUT2D eigenvalue weighted by molar-refractivity contribution is 0.352. The van der Waals surface area contributed by atoms with Gasteiger partial charge in [0.1, 0.15) is 0 Å². The van der Waals surface area contributed by atoms with Crippen LogP contribution in [0.4, 0.5) is 0 Å². The summed E-state index contributed by atoms with van der Waals surface area (Å²) in [5.41, 5.74) is 7.19. The van der Waals surface area contributed by atoms with Crippen molar-refractivity contribution in [1.82, 2.24) is 4.90 Å². The number of fused-ring (bicyclic) bond motifs is 1. The molecule has 2 aromatic rings. The summed E-state index contributed by atoms with van der Waals surface area (Å²) in [6.07, 6.45) is 6.49. The molecule has 1 unspecified atom stereocenters. The molecular weight excluding hydrogens is 472 g/mol. The fourth-order valence-electron chi connectivity index (χ4n) is 5.19. The predicted molar refractivity (Wildman–Crippen MR) is 146 cm³/mol. The molecule has 2 aliphatic heterocycles. The van der Waals surface area contributed by atoms with Crippen molar-refractivity contribution < 1.29 is 18.9 Å². The maximum Gasteiger partial charge on any atom is 0.173 e. The van der Waals surface area contributed by atoms with Crippen molar-refractivity contribution in [2.75, 3.05) is 28.4 Å². The fraction of sp³-hybridized carbons (Fsp3) is 0.345. The Bertz CT molecular complexity index is 1290. The number of aliphatic imine (C=N–C) groups is 1. The summed E-state index contributed by atoms with van der Waals surface area (Å²) in [6, 6.07) is 12.4. The third kappa shape index (κ3) is 4.37. The van der Waals surface area contributed by atoms with E-state index in [9.17, 15) is 0 Å². The normalized spacial score (nSPS) is 20.3. The maximum atomic E-state index is 5.66. The molecule has 188 valence electrons. The predicted octanol–water partition coefficient (Wildman–Crippen LogP) is 6.95. The van der Waals surface area contributed by atoms with Crippen LogP contribution in [-0.4, -0.2) is 38.5 Å². The molecule has 0 bridgehead atoms. The maximum absolute atomic E-state index is 5.66. The lowest BCUT2D eigenvalue weighted by Crippen LogP contribution is -2.33. The molecule has 2 heterocycles. The van der Waals surface area contributed by atoms with E-state index in [-0.39, 0.29) is 6.04 Å². The zero-order chi connectivity index (χ0) is 25.2. The lowest BCUT2D eigenvalue weighted by Gasteiger charge is -2.37. The van der Waals surface area contributed by atoms with Crippen molar-refractivity contribution in [2.45, 2.75) is 38.6 Å². The van der Waals surface area contributed by atoms with Crippen molar-refractivity contribution in [2.24, 2.45) is 4.99 Å². The highest BCUT2D eigenvalue weighted by Crippen LogP contribution is 2.49. The molecule has 0 N–H and O–H groups in total. The number of ether oxygens (including phenoxy) is 4. The highest BCUT2D eigenvalue weighted by Gasteiger charge is 2.38. The standard InChI is InChI=1S/C29H32N2O4S/c1-18-17-36-29-30-27-20(14-19-10-12-23(32-2)25(15-19)34-4)8-6-7-9-22(27)28(31(18)29)21-11-13-24(33-3)26(16-21)35-5/h10-17,28H,6-9H2,1-5H3/b20-14+. The van der Waals surface area contributed by atoms with E-state index in [1.165, 1.54) is 22.4 Å². The van der Waals surface area contributed by atoms with Gasteiger partial charge in [0.25, 0.3) is 0 Å². The molecule has 3 aliphatic rings. The van der Waals surface area contributed by atoms with Crippen LogP contribution in [0, 0.1) is 0 Å². The monoisotopic (exact) mass is 504 g/mol. The highest BCUT2D eigenvalue weighted by molar-refractivity contribution is 8.16. The Morgan fingerprint density at radius 1 is 0.861 bits per heavy atom. The number of thioether (sulfide) groups is 1. The quantitative estimate of drug-likeness (QED) is 0.424. The number of amidine groups is 1. The zero-order valence-corrected chi connectivity index (χ0v) is 22.3. The Labute approximate surface area is 217 Å². The highest BCUT2D eigenvalue weighted by atomic mass is 32.2. The zero-order valence-electron chi connectivity index (χ0n) is 21.5. The largest absolute Gasteiger partial charge is 0.493 e. The van der Waals surface area contributed by atoms with Crippen LogP contribution in [0.5, 0.6) is 23.0 Å². The summed E-state index contributed by atoms with van der Waals surface area (Å²) in [5, 5.41) is 3.21. The Balaban J connectivity index is 1.65. The second-order valence-electron chi connectivity index (χ2n) is 9.02. The van der Waals surface area contributed by atoms with Crippen LogP contribution < -0.4 is 18.9 Å². The summed E-state index contributed by atoms with van der Waals surface area (Å²) >= 11 is 1.69. The first-order valence-electron chi connectivity index (χ1n) is 12.2. The SMILES string of the molecule is COc1ccc(/C=C2\CCCCC3=C2N=C2SC=C(C)N2C3c2ccc(OC)c(OC)c2)cc1OC. The number of hydrogen-bond donors (Lipinski definition) is 0. The molecule has 0 saturated carbocycles. The van der Waals surface area contributed by atoms with E-state index in [0.29, 0.717) is 0 Å². The Morgan fingerprint density at radius 2 is 1.53 bits per heavy atom. The summed E-state index contributed by atoms with van der Waals surface area (Å²) in [7, 11) is 6.69. The van der Waals surface area contributed by atoms with Gasteiger partial charge in [0.05, 0.1) is 40.2 Å². The van der Waals surface area contributed by atoms with Crippen molar-refractivity contribution >= 4 is 23.0 Å². The number of rotatable bonds is 6. The minimum Gasteiger partial charge on any atom is -0.493 e. The van der Waals surface area contributed by atoms with Crippen LogP contribution in [-0.2, 0) is 0 Å². The lowest BCUT2D eigenvalue weighted by atomic mass is 9.89. The number of benzene rings is 2. The number of nitrogens with zero attached hydrogens (tertiary/aromatic N) is 2. The Kier molecular flexibility index (Phi) is 7.01. The van der Waals surface area contributed by atoms with Crippen molar-refractivity contribution in [3.05, 3.63) is 75.5 Å². The number of hydrogen-bond acceptors (Lipinski definition) is 7. The van der Waals surface area contributed by atoms with Gasteiger partial charge in [-0.25, -0.2) is 4.99 Å². The summed E-state index contributed by atoms with van der Waals surface area (Å²) in [4.78, 5) is 7.60. The number of allylic oxidation sites excluding steroid dienone is 2. The average Bonchev–Trinajstić information content (AvgIpc) is 3.16. The third-order valence-electron chi connectivity index (χ3n) is 6.94. The van der Waals surface area contributed by atoms with E-state index in [2.05, 4.69) is 41.5 Å². The van der Waals surface area contributed by atoms with Gasteiger partial charge in [-0.05, 0) is 90.6 Å².